The minimum absolute atomic E-state index is 0.153. The molecule has 3 rings (SSSR count). The summed E-state index contributed by atoms with van der Waals surface area (Å²) >= 11 is 6.11. The molecule has 0 unspecified atom stereocenters. The van der Waals surface area contributed by atoms with Gasteiger partial charge in [-0.2, -0.15) is 5.10 Å². The number of hydrogen-bond donors (Lipinski definition) is 0. The Kier molecular flexibility index (Phi) is 4.86. The van der Waals surface area contributed by atoms with Crippen molar-refractivity contribution in [2.45, 2.75) is 26.3 Å². The Balaban J connectivity index is 2.01. The topological polar surface area (TPSA) is 59.0 Å². The van der Waals surface area contributed by atoms with Crippen LogP contribution in [-0.4, -0.2) is 22.6 Å². The van der Waals surface area contributed by atoms with Gasteiger partial charge in [0.2, 0.25) is 5.91 Å². The van der Waals surface area contributed by atoms with Crippen molar-refractivity contribution in [1.29, 1.82) is 0 Å². The van der Waals surface area contributed by atoms with E-state index in [1.807, 2.05) is 30.3 Å². The molecule has 5 nitrogen and oxygen atoms in total. The van der Waals surface area contributed by atoms with Crippen molar-refractivity contribution >= 4 is 29.2 Å². The minimum Gasteiger partial charge on any atom is -0.426 e. The van der Waals surface area contributed by atoms with E-state index in [9.17, 15) is 9.59 Å². The molecule has 0 saturated heterocycles. The molecule has 0 fully saturated rings. The summed E-state index contributed by atoms with van der Waals surface area (Å²) in [6.07, 6.45) is 0.512. The molecule has 0 spiro atoms. The average molecular weight is 357 g/mol. The normalized spacial score (nSPS) is 16.5. The number of halogens is 1. The van der Waals surface area contributed by atoms with Gasteiger partial charge in [0.1, 0.15) is 5.75 Å². The first-order valence-electron chi connectivity index (χ1n) is 7.86. The molecule has 128 valence electrons. The third-order valence-electron chi connectivity index (χ3n) is 3.92. The van der Waals surface area contributed by atoms with E-state index in [-0.39, 0.29) is 11.9 Å². The van der Waals surface area contributed by atoms with Crippen molar-refractivity contribution in [2.24, 2.45) is 5.10 Å². The summed E-state index contributed by atoms with van der Waals surface area (Å²) in [5.41, 5.74) is 2.27. The molecule has 0 bridgehead atoms. The van der Waals surface area contributed by atoms with E-state index in [2.05, 4.69) is 5.10 Å². The first-order valence-corrected chi connectivity index (χ1v) is 8.24. The van der Waals surface area contributed by atoms with Crippen LogP contribution in [0.4, 0.5) is 0 Å². The van der Waals surface area contributed by atoms with Crippen LogP contribution in [0.25, 0.3) is 0 Å². The van der Waals surface area contributed by atoms with Crippen LogP contribution in [0.15, 0.2) is 53.6 Å². The molecule has 0 N–H and O–H groups in total. The van der Waals surface area contributed by atoms with Crippen LogP contribution in [0.2, 0.25) is 5.02 Å². The van der Waals surface area contributed by atoms with Crippen LogP contribution in [0.1, 0.15) is 37.4 Å². The number of esters is 1. The number of hydrogen-bond acceptors (Lipinski definition) is 4. The van der Waals surface area contributed by atoms with Gasteiger partial charge in [-0.25, -0.2) is 5.01 Å². The average Bonchev–Trinajstić information content (AvgIpc) is 3.02. The summed E-state index contributed by atoms with van der Waals surface area (Å²) in [5.74, 6) is -0.196. The molecule has 2 aromatic rings. The SMILES string of the molecule is CC(=O)Oc1ccc(Cl)cc1C1=NN(C(C)=O)[C@@H](c2ccccc2)C1. The zero-order chi connectivity index (χ0) is 18.0. The minimum atomic E-state index is -0.426. The molecular weight excluding hydrogens is 340 g/mol. The second kappa shape index (κ2) is 7.07. The lowest BCUT2D eigenvalue weighted by molar-refractivity contribution is -0.132. The van der Waals surface area contributed by atoms with Crippen LogP contribution >= 0.6 is 11.6 Å². The molecule has 1 aliphatic heterocycles. The summed E-state index contributed by atoms with van der Waals surface area (Å²) in [6, 6.07) is 14.5. The molecule has 0 aliphatic carbocycles. The van der Waals surface area contributed by atoms with Crippen LogP contribution in [0.3, 0.4) is 0 Å². The van der Waals surface area contributed by atoms with E-state index in [1.54, 1.807) is 18.2 Å². The maximum atomic E-state index is 12.0. The Labute approximate surface area is 150 Å². The highest BCUT2D eigenvalue weighted by molar-refractivity contribution is 6.31. The maximum Gasteiger partial charge on any atom is 0.308 e. The van der Waals surface area contributed by atoms with Gasteiger partial charge in [0.15, 0.2) is 0 Å². The van der Waals surface area contributed by atoms with Gasteiger partial charge in [0.05, 0.1) is 11.8 Å². The van der Waals surface area contributed by atoms with Crippen molar-refractivity contribution in [3.05, 3.63) is 64.7 Å². The van der Waals surface area contributed by atoms with Gasteiger partial charge < -0.3 is 4.74 Å². The van der Waals surface area contributed by atoms with Crippen molar-refractivity contribution in [3.8, 4) is 5.75 Å². The molecular formula is C19H17ClN2O3. The lowest BCUT2D eigenvalue weighted by atomic mass is 9.98. The fourth-order valence-corrected chi connectivity index (χ4v) is 3.04. The number of ether oxygens (including phenoxy) is 1. The van der Waals surface area contributed by atoms with E-state index >= 15 is 0 Å². The lowest BCUT2D eigenvalue weighted by Gasteiger charge is -2.20. The van der Waals surface area contributed by atoms with E-state index in [1.165, 1.54) is 18.9 Å². The first-order chi connectivity index (χ1) is 12.0. The predicted molar refractivity (Wildman–Crippen MR) is 95.6 cm³/mol. The second-order valence-electron chi connectivity index (χ2n) is 5.78. The molecule has 0 aromatic heterocycles. The Morgan fingerprint density at radius 3 is 2.52 bits per heavy atom. The van der Waals surface area contributed by atoms with Crippen molar-refractivity contribution < 1.29 is 14.3 Å². The summed E-state index contributed by atoms with van der Waals surface area (Å²) in [7, 11) is 0. The number of carbonyl (C=O) groups is 2. The zero-order valence-corrected chi connectivity index (χ0v) is 14.7. The molecule has 25 heavy (non-hydrogen) atoms. The molecule has 1 aliphatic rings. The van der Waals surface area contributed by atoms with E-state index in [4.69, 9.17) is 16.3 Å². The predicted octanol–water partition coefficient (Wildman–Crippen LogP) is 3.96. The number of nitrogens with zero attached hydrogens (tertiary/aromatic N) is 2. The van der Waals surface area contributed by atoms with Crippen LogP contribution < -0.4 is 4.74 Å². The number of carbonyl (C=O) groups excluding carboxylic acids is 2. The van der Waals surface area contributed by atoms with Crippen LogP contribution in [-0.2, 0) is 9.59 Å². The number of amides is 1. The summed E-state index contributed by atoms with van der Waals surface area (Å²) in [5, 5.41) is 6.44. The fraction of sp³-hybridized carbons (Fsp3) is 0.211. The lowest BCUT2D eigenvalue weighted by Crippen LogP contribution is -2.24. The molecule has 1 amide bonds. The third-order valence-corrected chi connectivity index (χ3v) is 4.16. The Morgan fingerprint density at radius 2 is 1.88 bits per heavy atom. The summed E-state index contributed by atoms with van der Waals surface area (Å²) in [6.45, 7) is 2.82. The van der Waals surface area contributed by atoms with Crippen LogP contribution in [0.5, 0.6) is 5.75 Å². The smallest absolute Gasteiger partial charge is 0.308 e. The highest BCUT2D eigenvalue weighted by Crippen LogP contribution is 2.35. The van der Waals surface area contributed by atoms with Gasteiger partial charge >= 0.3 is 5.97 Å². The Hall–Kier alpha value is -2.66. The van der Waals surface area contributed by atoms with Crippen molar-refractivity contribution in [1.82, 2.24) is 5.01 Å². The summed E-state index contributed by atoms with van der Waals surface area (Å²) in [4.78, 5) is 23.4. The van der Waals surface area contributed by atoms with Gasteiger partial charge in [-0.15, -0.1) is 0 Å². The van der Waals surface area contributed by atoms with Crippen LogP contribution in [0, 0.1) is 0 Å². The Bertz CT molecular complexity index is 849. The number of hydrazone groups is 1. The van der Waals surface area contributed by atoms with Gasteiger partial charge in [-0.1, -0.05) is 41.9 Å². The molecule has 0 radical (unpaired) electrons. The van der Waals surface area contributed by atoms with E-state index in [0.29, 0.717) is 28.5 Å². The molecule has 1 heterocycles. The number of benzene rings is 2. The first kappa shape index (κ1) is 17.2. The fourth-order valence-electron chi connectivity index (χ4n) is 2.87. The molecule has 6 heteroatoms. The molecule has 0 saturated carbocycles. The molecule has 2 aromatic carbocycles. The highest BCUT2D eigenvalue weighted by atomic mass is 35.5. The van der Waals surface area contributed by atoms with Gasteiger partial charge in [0.25, 0.3) is 0 Å². The van der Waals surface area contributed by atoms with Gasteiger partial charge in [-0.05, 0) is 23.8 Å². The summed E-state index contributed by atoms with van der Waals surface area (Å²) < 4.78 is 5.27. The highest BCUT2D eigenvalue weighted by Gasteiger charge is 2.32. The van der Waals surface area contributed by atoms with Gasteiger partial charge in [-0.3, -0.25) is 9.59 Å². The Morgan fingerprint density at radius 1 is 1.16 bits per heavy atom. The van der Waals surface area contributed by atoms with E-state index in [0.717, 1.165) is 5.56 Å². The number of rotatable bonds is 3. The maximum absolute atomic E-state index is 12.0. The standard InChI is InChI=1S/C19H17ClN2O3/c1-12(23)22-18(14-6-4-3-5-7-14)11-17(21-22)16-10-15(20)8-9-19(16)25-13(2)24/h3-10,18H,11H2,1-2H3/t18-/m1/s1. The zero-order valence-electron chi connectivity index (χ0n) is 13.9. The monoisotopic (exact) mass is 356 g/mol. The molecule has 1 atom stereocenters. The van der Waals surface area contributed by atoms with Crippen molar-refractivity contribution in [3.63, 3.8) is 0 Å². The van der Waals surface area contributed by atoms with Crippen molar-refractivity contribution in [2.75, 3.05) is 0 Å². The largest absolute Gasteiger partial charge is 0.426 e. The second-order valence-corrected chi connectivity index (χ2v) is 6.21. The van der Waals surface area contributed by atoms with E-state index < -0.39 is 5.97 Å². The quantitative estimate of drug-likeness (QED) is 0.617. The third kappa shape index (κ3) is 3.72. The van der Waals surface area contributed by atoms with Gasteiger partial charge in [0, 0.05) is 30.9 Å².